The van der Waals surface area contributed by atoms with Gasteiger partial charge in [-0.05, 0) is 44.0 Å². The Kier molecular flexibility index (Phi) is 8.87. The number of anilines is 1. The number of nitrogens with one attached hydrogen (secondary N) is 2. The maximum absolute atomic E-state index is 15.3. The van der Waals surface area contributed by atoms with E-state index in [9.17, 15) is 32.7 Å². The molecule has 0 saturated carbocycles. The number of hydrogen-bond donors (Lipinski definition) is 3. The first-order valence-electron chi connectivity index (χ1n) is 14.4. The third-order valence-corrected chi connectivity index (χ3v) is 8.10. The zero-order valence-corrected chi connectivity index (χ0v) is 25.0. The Morgan fingerprint density at radius 1 is 1.17 bits per heavy atom. The highest BCUT2D eigenvalue weighted by Crippen LogP contribution is 2.36. The minimum atomic E-state index is -4.84. The number of aliphatic hydroxyl groups is 1. The number of piperazine rings is 1. The van der Waals surface area contributed by atoms with E-state index in [1.165, 1.54) is 29.8 Å². The average Bonchev–Trinajstić information content (AvgIpc) is 3.60. The van der Waals surface area contributed by atoms with Crippen molar-refractivity contribution >= 4 is 23.4 Å². The number of benzene rings is 1. The summed E-state index contributed by atoms with van der Waals surface area (Å²) in [7, 11) is 1.33. The van der Waals surface area contributed by atoms with Crippen LogP contribution in [0.5, 0.6) is 0 Å². The average molecular weight is 646 g/mol. The lowest BCUT2D eigenvalue weighted by Crippen LogP contribution is -2.60. The van der Waals surface area contributed by atoms with Crippen molar-refractivity contribution in [3.05, 3.63) is 53.0 Å². The smallest absolute Gasteiger partial charge is 0.379 e. The summed E-state index contributed by atoms with van der Waals surface area (Å²) in [6, 6.07) is 4.06. The van der Waals surface area contributed by atoms with Gasteiger partial charge in [-0.3, -0.25) is 19.1 Å². The largest absolute Gasteiger partial charge is 0.435 e. The van der Waals surface area contributed by atoms with E-state index >= 15 is 4.39 Å². The molecular formula is C29H31F4N9O4. The number of β-amino-alcohol motifs (C(OH)–C–C–N with tert-alkyl or cyclic N) is 1. The van der Waals surface area contributed by atoms with Gasteiger partial charge in [0.2, 0.25) is 0 Å². The quantitative estimate of drug-likeness (QED) is 0.343. The maximum atomic E-state index is 15.3. The summed E-state index contributed by atoms with van der Waals surface area (Å²) in [5.41, 5.74) is -3.20. The van der Waals surface area contributed by atoms with Crippen LogP contribution in [0.25, 0.3) is 11.3 Å². The zero-order chi connectivity index (χ0) is 33.4. The standard InChI is InChI=1S/C29H31F4N9O4/c1-17-12-18(37-25(43)24-36-14-21(39(24)2)19-15-42(7-5-34)38-23(19)29(31,32)33)13-20(30)22(17)26(44)40-8-10-41(11-9-40)27(45)28(46)4-3-6-35-16-28/h12-15,35,46H,3-4,6-11,16H2,1-2H3,(H,37,43). The Balaban J connectivity index is 1.27. The highest BCUT2D eigenvalue weighted by molar-refractivity contribution is 6.03. The van der Waals surface area contributed by atoms with Gasteiger partial charge in [0.1, 0.15) is 12.4 Å². The van der Waals surface area contributed by atoms with Crippen LogP contribution in [0.3, 0.4) is 0 Å². The number of nitriles is 1. The Morgan fingerprint density at radius 2 is 1.87 bits per heavy atom. The summed E-state index contributed by atoms with van der Waals surface area (Å²) >= 11 is 0. The van der Waals surface area contributed by atoms with Crippen molar-refractivity contribution in [3.8, 4) is 17.3 Å². The Morgan fingerprint density at radius 3 is 2.48 bits per heavy atom. The number of carbonyl (C=O) groups excluding carboxylic acids is 3. The molecule has 4 heterocycles. The van der Waals surface area contributed by atoms with Gasteiger partial charge >= 0.3 is 6.18 Å². The van der Waals surface area contributed by atoms with E-state index in [1.54, 1.807) is 6.07 Å². The van der Waals surface area contributed by atoms with Crippen LogP contribution < -0.4 is 10.6 Å². The third kappa shape index (κ3) is 6.30. The van der Waals surface area contributed by atoms with Crippen molar-refractivity contribution in [2.75, 3.05) is 44.6 Å². The fourth-order valence-corrected chi connectivity index (χ4v) is 5.75. The lowest BCUT2D eigenvalue weighted by Gasteiger charge is -2.40. The van der Waals surface area contributed by atoms with E-state index in [0.717, 1.165) is 34.3 Å². The molecule has 0 radical (unpaired) electrons. The second-order valence-electron chi connectivity index (χ2n) is 11.3. The highest BCUT2D eigenvalue weighted by Gasteiger charge is 2.42. The summed E-state index contributed by atoms with van der Waals surface area (Å²) in [6.07, 6.45) is -1.73. The first-order chi connectivity index (χ1) is 21.7. The summed E-state index contributed by atoms with van der Waals surface area (Å²) in [6.45, 7) is 2.58. The molecule has 2 aliphatic heterocycles. The van der Waals surface area contributed by atoms with Gasteiger partial charge in [0.05, 0.1) is 29.1 Å². The molecule has 0 spiro atoms. The van der Waals surface area contributed by atoms with Gasteiger partial charge < -0.3 is 30.1 Å². The van der Waals surface area contributed by atoms with Crippen molar-refractivity contribution in [2.45, 2.75) is 38.1 Å². The van der Waals surface area contributed by atoms with Crippen LogP contribution in [-0.4, -0.2) is 96.8 Å². The molecule has 13 nitrogen and oxygen atoms in total. The van der Waals surface area contributed by atoms with Crippen LogP contribution in [0.1, 0.15) is 45.1 Å². The summed E-state index contributed by atoms with van der Waals surface area (Å²) in [4.78, 5) is 46.1. The molecule has 2 aliphatic rings. The fraction of sp³-hybridized carbons (Fsp3) is 0.448. The normalized spacial score (nSPS) is 18.7. The number of piperidine rings is 1. The summed E-state index contributed by atoms with van der Waals surface area (Å²) in [5.74, 6) is -3.02. The molecule has 1 aromatic carbocycles. The predicted molar refractivity (Wildman–Crippen MR) is 154 cm³/mol. The van der Waals surface area contributed by atoms with E-state index in [1.807, 2.05) is 0 Å². The molecule has 2 aromatic heterocycles. The molecule has 244 valence electrons. The third-order valence-electron chi connectivity index (χ3n) is 8.10. The van der Waals surface area contributed by atoms with Crippen LogP contribution in [0.15, 0.2) is 24.5 Å². The number of amides is 3. The monoisotopic (exact) mass is 645 g/mol. The Bertz CT molecular complexity index is 1690. The highest BCUT2D eigenvalue weighted by atomic mass is 19.4. The molecule has 0 bridgehead atoms. The second-order valence-corrected chi connectivity index (χ2v) is 11.3. The molecule has 0 aliphatic carbocycles. The molecule has 2 saturated heterocycles. The Hall–Kier alpha value is -4.82. The van der Waals surface area contributed by atoms with E-state index in [0.29, 0.717) is 12.8 Å². The molecule has 17 heteroatoms. The van der Waals surface area contributed by atoms with E-state index in [-0.39, 0.29) is 66.6 Å². The first-order valence-corrected chi connectivity index (χ1v) is 14.4. The zero-order valence-electron chi connectivity index (χ0n) is 25.0. The Labute approximate surface area is 260 Å². The van der Waals surface area contributed by atoms with Gasteiger partial charge in [0, 0.05) is 51.7 Å². The lowest BCUT2D eigenvalue weighted by molar-refractivity contribution is -0.154. The number of alkyl halides is 3. The van der Waals surface area contributed by atoms with Crippen LogP contribution in [0, 0.1) is 24.1 Å². The van der Waals surface area contributed by atoms with Crippen molar-refractivity contribution in [2.24, 2.45) is 7.05 Å². The number of carbonyl (C=O) groups is 3. The van der Waals surface area contributed by atoms with E-state index in [4.69, 9.17) is 5.26 Å². The van der Waals surface area contributed by atoms with Gasteiger partial charge in [-0.15, -0.1) is 0 Å². The molecular weight excluding hydrogens is 614 g/mol. The molecule has 3 amide bonds. The lowest BCUT2D eigenvalue weighted by atomic mass is 9.92. The summed E-state index contributed by atoms with van der Waals surface area (Å²) < 4.78 is 58.2. The van der Waals surface area contributed by atoms with E-state index in [2.05, 4.69) is 20.7 Å². The minimum absolute atomic E-state index is 0.0105. The number of imidazole rings is 1. The number of hydrogen-bond acceptors (Lipinski definition) is 8. The number of rotatable bonds is 6. The fourth-order valence-electron chi connectivity index (χ4n) is 5.75. The molecule has 1 atom stereocenters. The topological polar surface area (TPSA) is 161 Å². The maximum Gasteiger partial charge on any atom is 0.435 e. The predicted octanol–water partition coefficient (Wildman–Crippen LogP) is 1.92. The van der Waals surface area contributed by atoms with Gasteiger partial charge in [0.25, 0.3) is 17.7 Å². The second kappa shape index (κ2) is 12.5. The molecule has 1 unspecified atom stereocenters. The number of nitrogens with zero attached hydrogens (tertiary/aromatic N) is 7. The number of aryl methyl sites for hydroxylation is 1. The molecule has 5 rings (SSSR count). The molecule has 46 heavy (non-hydrogen) atoms. The SMILES string of the molecule is Cc1cc(NC(=O)c2ncc(-c3cn(CC#N)nc3C(F)(F)F)n2C)cc(F)c1C(=O)N1CCN(C(=O)C2(O)CCCNC2)CC1. The first kappa shape index (κ1) is 32.6. The van der Waals surface area contributed by atoms with Crippen molar-refractivity contribution in [1.29, 1.82) is 5.26 Å². The summed E-state index contributed by atoms with van der Waals surface area (Å²) in [5, 5.41) is 28.5. The van der Waals surface area contributed by atoms with Crippen molar-refractivity contribution in [1.82, 2.24) is 34.4 Å². The van der Waals surface area contributed by atoms with Crippen molar-refractivity contribution < 1.29 is 37.1 Å². The molecule has 3 N–H and O–H groups in total. The van der Waals surface area contributed by atoms with Gasteiger partial charge in [-0.1, -0.05) is 0 Å². The van der Waals surface area contributed by atoms with Crippen LogP contribution in [-0.2, 0) is 24.6 Å². The van der Waals surface area contributed by atoms with Crippen LogP contribution >= 0.6 is 0 Å². The van der Waals surface area contributed by atoms with E-state index < -0.39 is 47.6 Å². The minimum Gasteiger partial charge on any atom is -0.379 e. The van der Waals surface area contributed by atoms with Crippen LogP contribution in [0.4, 0.5) is 23.2 Å². The van der Waals surface area contributed by atoms with Gasteiger partial charge in [0.15, 0.2) is 17.1 Å². The van der Waals surface area contributed by atoms with Crippen LogP contribution in [0.2, 0.25) is 0 Å². The molecule has 2 fully saturated rings. The number of halogens is 4. The number of aromatic nitrogens is 4. The molecule has 3 aromatic rings. The van der Waals surface area contributed by atoms with Crippen molar-refractivity contribution in [3.63, 3.8) is 0 Å². The van der Waals surface area contributed by atoms with Gasteiger partial charge in [-0.2, -0.15) is 23.5 Å². The van der Waals surface area contributed by atoms with Gasteiger partial charge in [-0.25, -0.2) is 9.37 Å².